The molecule has 3 rings (SSSR count). The van der Waals surface area contributed by atoms with Crippen LogP contribution >= 0.6 is 0 Å². The summed E-state index contributed by atoms with van der Waals surface area (Å²) in [7, 11) is 3.55. The fourth-order valence-electron chi connectivity index (χ4n) is 4.78. The highest BCUT2D eigenvalue weighted by Gasteiger charge is 2.57. The van der Waals surface area contributed by atoms with Crippen molar-refractivity contribution < 1.29 is 14.6 Å². The summed E-state index contributed by atoms with van der Waals surface area (Å²) in [5.74, 6) is 1.08. The first-order chi connectivity index (χ1) is 10.3. The molecule has 1 N–H and O–H groups in total. The third-order valence-corrected chi connectivity index (χ3v) is 5.74. The number of nitrogens with zero attached hydrogens (tertiary/aromatic N) is 2. The van der Waals surface area contributed by atoms with Crippen LogP contribution in [0.4, 0.5) is 0 Å². The number of aryl methyl sites for hydroxylation is 1. The van der Waals surface area contributed by atoms with Gasteiger partial charge in [-0.2, -0.15) is 5.10 Å². The predicted molar refractivity (Wildman–Crippen MR) is 83.0 cm³/mol. The van der Waals surface area contributed by atoms with E-state index >= 15 is 0 Å². The van der Waals surface area contributed by atoms with Crippen LogP contribution in [-0.4, -0.2) is 27.8 Å². The van der Waals surface area contributed by atoms with E-state index in [2.05, 4.69) is 6.92 Å². The highest BCUT2D eigenvalue weighted by Crippen LogP contribution is 2.57. The molecular weight excluding hydrogens is 280 g/mol. The summed E-state index contributed by atoms with van der Waals surface area (Å²) in [5, 5.41) is 14.2. The van der Waals surface area contributed by atoms with Crippen LogP contribution in [-0.2, 0) is 23.7 Å². The third kappa shape index (κ3) is 1.71. The normalized spacial score (nSPS) is 31.8. The number of hydrogen-bond acceptors (Lipinski definition) is 4. The summed E-state index contributed by atoms with van der Waals surface area (Å²) in [6.07, 6.45) is 3.33. The second-order valence-corrected chi connectivity index (χ2v) is 7.35. The number of aliphatic hydroxyl groups excluding tert-OH is 1. The lowest BCUT2D eigenvalue weighted by atomic mass is 9.50. The number of aromatic nitrogens is 2. The maximum atomic E-state index is 12.6. The molecule has 5 nitrogen and oxygen atoms in total. The zero-order valence-electron chi connectivity index (χ0n) is 13.9. The first-order valence-corrected chi connectivity index (χ1v) is 7.75. The van der Waals surface area contributed by atoms with Crippen molar-refractivity contribution in [2.24, 2.45) is 18.4 Å². The van der Waals surface area contributed by atoms with Crippen LogP contribution in [0.15, 0.2) is 11.8 Å². The lowest BCUT2D eigenvalue weighted by Gasteiger charge is -2.52. The number of ketones is 1. The van der Waals surface area contributed by atoms with E-state index in [1.807, 2.05) is 20.9 Å². The molecule has 0 aliphatic heterocycles. The van der Waals surface area contributed by atoms with E-state index in [4.69, 9.17) is 9.84 Å². The number of carbonyl (C=O) groups is 1. The molecule has 0 bridgehead atoms. The van der Waals surface area contributed by atoms with Gasteiger partial charge in [0.15, 0.2) is 5.78 Å². The molecule has 0 saturated heterocycles. The molecule has 0 spiro atoms. The standard InChI is InChI=1S/C17H24N2O3/c1-16(2)12-7-6-11-13(18-19(4)15(11)22-5)17(12,3)8-10(9-20)14(16)21/h9,12,20H,6-8H2,1-5H3/b10-9-/t12-,17-/m0/s1. The maximum absolute atomic E-state index is 12.6. The van der Waals surface area contributed by atoms with Crippen molar-refractivity contribution in [3.8, 4) is 5.88 Å². The second-order valence-electron chi connectivity index (χ2n) is 7.35. The van der Waals surface area contributed by atoms with Crippen LogP contribution in [0.2, 0.25) is 0 Å². The van der Waals surface area contributed by atoms with Crippen molar-refractivity contribution in [2.75, 3.05) is 7.11 Å². The summed E-state index contributed by atoms with van der Waals surface area (Å²) < 4.78 is 7.29. The molecule has 1 saturated carbocycles. The van der Waals surface area contributed by atoms with Gasteiger partial charge in [-0.15, -0.1) is 0 Å². The van der Waals surface area contributed by atoms with Gasteiger partial charge in [0.2, 0.25) is 5.88 Å². The number of ether oxygens (including phenoxy) is 1. The summed E-state index contributed by atoms with van der Waals surface area (Å²) in [5.41, 5.74) is 1.91. The van der Waals surface area contributed by atoms with E-state index in [0.29, 0.717) is 12.0 Å². The number of fused-ring (bicyclic) bond motifs is 3. The minimum Gasteiger partial charge on any atom is -0.515 e. The Morgan fingerprint density at radius 2 is 2.09 bits per heavy atom. The minimum absolute atomic E-state index is 0.0591. The van der Waals surface area contributed by atoms with Crippen molar-refractivity contribution in [2.45, 2.75) is 45.4 Å². The van der Waals surface area contributed by atoms with Crippen LogP contribution in [0.25, 0.3) is 0 Å². The van der Waals surface area contributed by atoms with E-state index in [0.717, 1.165) is 36.2 Å². The van der Waals surface area contributed by atoms with Gasteiger partial charge in [0.1, 0.15) is 0 Å². The number of rotatable bonds is 1. The predicted octanol–water partition coefficient (Wildman–Crippen LogP) is 2.69. The SMILES string of the molecule is COc1c2c(nn1C)[C@@]1(C)C/C(=C/O)C(=O)C(C)(C)[C@@H]1CC2. The Hall–Kier alpha value is -1.78. The fourth-order valence-corrected chi connectivity index (χ4v) is 4.78. The van der Waals surface area contributed by atoms with Crippen LogP contribution in [0.3, 0.4) is 0 Å². The van der Waals surface area contributed by atoms with E-state index in [9.17, 15) is 9.90 Å². The molecular formula is C17H24N2O3. The minimum atomic E-state index is -0.496. The lowest BCUT2D eigenvalue weighted by Crippen LogP contribution is -2.53. The van der Waals surface area contributed by atoms with Gasteiger partial charge in [-0.05, 0) is 25.2 Å². The number of carbonyl (C=O) groups excluding carboxylic acids is 1. The Morgan fingerprint density at radius 3 is 2.68 bits per heavy atom. The first kappa shape index (κ1) is 15.1. The molecule has 2 atom stereocenters. The molecule has 1 fully saturated rings. The van der Waals surface area contributed by atoms with E-state index in [-0.39, 0.29) is 17.1 Å². The summed E-state index contributed by atoms with van der Waals surface area (Å²) in [6, 6.07) is 0. The van der Waals surface area contributed by atoms with Crippen molar-refractivity contribution >= 4 is 5.78 Å². The maximum Gasteiger partial charge on any atom is 0.214 e. The summed E-state index contributed by atoms with van der Waals surface area (Å²) in [4.78, 5) is 12.6. The first-order valence-electron chi connectivity index (χ1n) is 7.75. The van der Waals surface area contributed by atoms with Crippen molar-refractivity contribution in [1.82, 2.24) is 9.78 Å². The smallest absolute Gasteiger partial charge is 0.214 e. The van der Waals surface area contributed by atoms with Crippen molar-refractivity contribution in [1.29, 1.82) is 0 Å². The number of methoxy groups -OCH3 is 1. The molecule has 2 aliphatic rings. The Kier molecular flexibility index (Phi) is 3.17. The quantitative estimate of drug-likeness (QED) is 0.640. The molecule has 0 radical (unpaired) electrons. The number of Topliss-reactive ketones (excluding diaryl/α,β-unsaturated/α-hetero) is 1. The average Bonchev–Trinajstić information content (AvgIpc) is 2.80. The Morgan fingerprint density at radius 1 is 1.41 bits per heavy atom. The Balaban J connectivity index is 2.20. The molecule has 1 aromatic heterocycles. The highest BCUT2D eigenvalue weighted by molar-refractivity contribution is 6.01. The summed E-state index contributed by atoms with van der Waals surface area (Å²) >= 11 is 0. The van der Waals surface area contributed by atoms with Gasteiger partial charge in [-0.3, -0.25) is 4.79 Å². The Labute approximate surface area is 131 Å². The largest absolute Gasteiger partial charge is 0.515 e. The van der Waals surface area contributed by atoms with Gasteiger partial charge in [-0.1, -0.05) is 20.8 Å². The molecule has 120 valence electrons. The molecule has 0 unspecified atom stereocenters. The Bertz CT molecular complexity index is 672. The van der Waals surface area contributed by atoms with Crippen LogP contribution in [0, 0.1) is 11.3 Å². The van der Waals surface area contributed by atoms with Crippen molar-refractivity contribution in [3.63, 3.8) is 0 Å². The van der Waals surface area contributed by atoms with Crippen LogP contribution < -0.4 is 4.74 Å². The molecule has 0 aromatic carbocycles. The topological polar surface area (TPSA) is 64.3 Å². The molecule has 0 amide bonds. The second kappa shape index (κ2) is 4.61. The number of aliphatic hydroxyl groups is 1. The number of allylic oxidation sites excluding steroid dienone is 1. The molecule has 1 aromatic rings. The molecule has 2 aliphatic carbocycles. The fraction of sp³-hybridized carbons (Fsp3) is 0.647. The van der Waals surface area contributed by atoms with Gasteiger partial charge < -0.3 is 9.84 Å². The lowest BCUT2D eigenvalue weighted by molar-refractivity contribution is -0.131. The number of hydrogen-bond donors (Lipinski definition) is 1. The van der Waals surface area contributed by atoms with Crippen LogP contribution in [0.1, 0.15) is 44.9 Å². The monoisotopic (exact) mass is 304 g/mol. The molecule has 1 heterocycles. The summed E-state index contributed by atoms with van der Waals surface area (Å²) in [6.45, 7) is 6.15. The molecule has 5 heteroatoms. The highest BCUT2D eigenvalue weighted by atomic mass is 16.5. The van der Waals surface area contributed by atoms with Gasteiger partial charge in [0.05, 0.1) is 19.1 Å². The van der Waals surface area contributed by atoms with E-state index < -0.39 is 5.41 Å². The average molecular weight is 304 g/mol. The van der Waals surface area contributed by atoms with Gasteiger partial charge in [-0.25, -0.2) is 4.68 Å². The zero-order valence-corrected chi connectivity index (χ0v) is 13.9. The van der Waals surface area contributed by atoms with Gasteiger partial charge >= 0.3 is 0 Å². The van der Waals surface area contributed by atoms with E-state index in [1.165, 1.54) is 0 Å². The van der Waals surface area contributed by atoms with Crippen LogP contribution in [0.5, 0.6) is 5.88 Å². The van der Waals surface area contributed by atoms with E-state index in [1.54, 1.807) is 11.8 Å². The van der Waals surface area contributed by atoms with Crippen molar-refractivity contribution in [3.05, 3.63) is 23.1 Å². The van der Waals surface area contributed by atoms with Gasteiger partial charge in [0, 0.05) is 29.0 Å². The zero-order chi connectivity index (χ0) is 16.3. The van der Waals surface area contributed by atoms with Gasteiger partial charge in [0.25, 0.3) is 0 Å². The third-order valence-electron chi connectivity index (χ3n) is 5.74. The molecule has 22 heavy (non-hydrogen) atoms.